The minimum atomic E-state index is -0.0724. The standard InChI is InChI=1S/C25H35N3O3/c1-19-8-10-22(11-9-19)18-26-25(30)28(4)14-6-7-21-12-13-23(20(2)17-21)24(29)27(3)15-16-31-5/h8-13,17H,6-7,14-16,18H2,1-5H3,(H,26,30). The van der Waals surface area contributed by atoms with Crippen LogP contribution in [0.3, 0.4) is 0 Å². The van der Waals surface area contributed by atoms with Crippen LogP contribution in [0.25, 0.3) is 0 Å². The van der Waals surface area contributed by atoms with E-state index in [1.54, 1.807) is 24.0 Å². The number of carbonyl (C=O) groups excluding carboxylic acids is 2. The van der Waals surface area contributed by atoms with Gasteiger partial charge in [-0.1, -0.05) is 42.0 Å². The number of nitrogens with one attached hydrogen (secondary N) is 1. The summed E-state index contributed by atoms with van der Waals surface area (Å²) < 4.78 is 5.04. The Morgan fingerprint density at radius 2 is 1.61 bits per heavy atom. The maximum absolute atomic E-state index is 12.6. The Morgan fingerprint density at radius 1 is 0.935 bits per heavy atom. The van der Waals surface area contributed by atoms with Gasteiger partial charge in [-0.2, -0.15) is 0 Å². The van der Waals surface area contributed by atoms with Crippen molar-refractivity contribution in [3.8, 4) is 0 Å². The van der Waals surface area contributed by atoms with Gasteiger partial charge in [0.2, 0.25) is 0 Å². The summed E-state index contributed by atoms with van der Waals surface area (Å²) in [4.78, 5) is 28.3. The molecule has 0 bridgehead atoms. The summed E-state index contributed by atoms with van der Waals surface area (Å²) >= 11 is 0. The van der Waals surface area contributed by atoms with Gasteiger partial charge in [-0.25, -0.2) is 4.79 Å². The van der Waals surface area contributed by atoms with Crippen LogP contribution in [-0.4, -0.2) is 62.6 Å². The van der Waals surface area contributed by atoms with Gasteiger partial charge in [0.1, 0.15) is 0 Å². The van der Waals surface area contributed by atoms with Gasteiger partial charge in [-0.05, 0) is 49.4 Å². The van der Waals surface area contributed by atoms with Crippen molar-refractivity contribution in [2.75, 3.05) is 40.9 Å². The molecule has 0 radical (unpaired) electrons. The number of ether oxygens (including phenoxy) is 1. The van der Waals surface area contributed by atoms with Crippen LogP contribution in [0.15, 0.2) is 42.5 Å². The zero-order valence-electron chi connectivity index (χ0n) is 19.4. The molecule has 31 heavy (non-hydrogen) atoms. The first kappa shape index (κ1) is 24.4. The highest BCUT2D eigenvalue weighted by Gasteiger charge is 2.14. The molecule has 0 fully saturated rings. The first-order valence-electron chi connectivity index (χ1n) is 10.7. The summed E-state index contributed by atoms with van der Waals surface area (Å²) in [5, 5.41) is 2.96. The van der Waals surface area contributed by atoms with Gasteiger partial charge < -0.3 is 19.9 Å². The molecule has 6 nitrogen and oxygen atoms in total. The molecule has 0 aliphatic rings. The average molecular weight is 426 g/mol. The number of rotatable bonds is 10. The van der Waals surface area contributed by atoms with Gasteiger partial charge in [0, 0.05) is 46.4 Å². The zero-order valence-corrected chi connectivity index (χ0v) is 19.4. The highest BCUT2D eigenvalue weighted by molar-refractivity contribution is 5.95. The van der Waals surface area contributed by atoms with Crippen LogP contribution in [0.2, 0.25) is 0 Å². The van der Waals surface area contributed by atoms with E-state index in [2.05, 4.69) is 11.4 Å². The minimum absolute atomic E-state index is 0.00563. The van der Waals surface area contributed by atoms with Gasteiger partial charge in [0.05, 0.1) is 6.61 Å². The van der Waals surface area contributed by atoms with Crippen LogP contribution in [0, 0.1) is 13.8 Å². The van der Waals surface area contributed by atoms with Crippen LogP contribution >= 0.6 is 0 Å². The second-order valence-corrected chi connectivity index (χ2v) is 8.04. The highest BCUT2D eigenvalue weighted by Crippen LogP contribution is 2.15. The molecular weight excluding hydrogens is 390 g/mol. The van der Waals surface area contributed by atoms with Crippen molar-refractivity contribution < 1.29 is 14.3 Å². The second-order valence-electron chi connectivity index (χ2n) is 8.04. The molecule has 1 N–H and O–H groups in total. The fourth-order valence-corrected chi connectivity index (χ4v) is 3.30. The Hall–Kier alpha value is -2.86. The number of carbonyl (C=O) groups is 2. The molecule has 0 atom stereocenters. The van der Waals surface area contributed by atoms with E-state index in [1.165, 1.54) is 11.1 Å². The molecule has 2 rings (SSSR count). The minimum Gasteiger partial charge on any atom is -0.383 e. The SMILES string of the molecule is COCCN(C)C(=O)c1ccc(CCCN(C)C(=O)NCc2ccc(C)cc2)cc1C. The molecule has 0 saturated carbocycles. The number of urea groups is 1. The third-order valence-electron chi connectivity index (χ3n) is 5.37. The lowest BCUT2D eigenvalue weighted by Crippen LogP contribution is -2.37. The van der Waals surface area contributed by atoms with Crippen LogP contribution in [-0.2, 0) is 17.7 Å². The summed E-state index contributed by atoms with van der Waals surface area (Å²) in [6.45, 7) is 6.28. The molecule has 2 aromatic carbocycles. The smallest absolute Gasteiger partial charge is 0.317 e. The maximum Gasteiger partial charge on any atom is 0.317 e. The van der Waals surface area contributed by atoms with Crippen molar-refractivity contribution in [3.63, 3.8) is 0 Å². The van der Waals surface area contributed by atoms with E-state index in [4.69, 9.17) is 4.74 Å². The first-order chi connectivity index (χ1) is 14.8. The molecule has 168 valence electrons. The lowest BCUT2D eigenvalue weighted by molar-refractivity contribution is 0.0743. The van der Waals surface area contributed by atoms with Crippen LogP contribution in [0.5, 0.6) is 0 Å². The first-order valence-corrected chi connectivity index (χ1v) is 10.7. The highest BCUT2D eigenvalue weighted by atomic mass is 16.5. The molecule has 0 aromatic heterocycles. The number of hydrogen-bond donors (Lipinski definition) is 1. The molecule has 0 saturated heterocycles. The predicted octanol–water partition coefficient (Wildman–Crippen LogP) is 3.80. The van der Waals surface area contributed by atoms with Crippen LogP contribution in [0.1, 0.15) is 39.0 Å². The molecule has 3 amide bonds. The van der Waals surface area contributed by atoms with Gasteiger partial charge >= 0.3 is 6.03 Å². The summed E-state index contributed by atoms with van der Waals surface area (Å²) in [5.41, 5.74) is 5.15. The molecule has 0 unspecified atom stereocenters. The number of aryl methyl sites for hydroxylation is 3. The van der Waals surface area contributed by atoms with E-state index >= 15 is 0 Å². The summed E-state index contributed by atoms with van der Waals surface area (Å²) in [7, 11) is 5.23. The van der Waals surface area contributed by atoms with Crippen molar-refractivity contribution in [1.29, 1.82) is 0 Å². The number of nitrogens with zero attached hydrogens (tertiary/aromatic N) is 2. The van der Waals surface area contributed by atoms with E-state index < -0.39 is 0 Å². The van der Waals surface area contributed by atoms with Crippen molar-refractivity contribution in [1.82, 2.24) is 15.1 Å². The van der Waals surface area contributed by atoms with E-state index in [1.807, 2.05) is 57.3 Å². The molecular formula is C25H35N3O3. The fourth-order valence-electron chi connectivity index (χ4n) is 3.30. The van der Waals surface area contributed by atoms with E-state index in [0.717, 1.165) is 29.5 Å². The van der Waals surface area contributed by atoms with Crippen LogP contribution < -0.4 is 5.32 Å². The Morgan fingerprint density at radius 3 is 2.26 bits per heavy atom. The third-order valence-corrected chi connectivity index (χ3v) is 5.37. The van der Waals surface area contributed by atoms with Crippen molar-refractivity contribution in [2.45, 2.75) is 33.2 Å². The monoisotopic (exact) mass is 425 g/mol. The van der Waals surface area contributed by atoms with Gasteiger partial charge in [-0.3, -0.25) is 4.79 Å². The fraction of sp³-hybridized carbons (Fsp3) is 0.440. The number of hydrogen-bond acceptors (Lipinski definition) is 3. The summed E-state index contributed by atoms with van der Waals surface area (Å²) in [6, 6.07) is 14.0. The molecule has 2 aromatic rings. The average Bonchev–Trinajstić information content (AvgIpc) is 2.76. The van der Waals surface area contributed by atoms with E-state index in [9.17, 15) is 9.59 Å². The largest absolute Gasteiger partial charge is 0.383 e. The predicted molar refractivity (Wildman–Crippen MR) is 124 cm³/mol. The van der Waals surface area contributed by atoms with Gasteiger partial charge in [-0.15, -0.1) is 0 Å². The topological polar surface area (TPSA) is 61.9 Å². The maximum atomic E-state index is 12.6. The molecule has 6 heteroatoms. The molecule has 0 spiro atoms. The Balaban J connectivity index is 1.79. The summed E-state index contributed by atoms with van der Waals surface area (Å²) in [6.07, 6.45) is 1.71. The van der Waals surface area contributed by atoms with E-state index in [0.29, 0.717) is 26.2 Å². The van der Waals surface area contributed by atoms with Crippen LogP contribution in [0.4, 0.5) is 4.79 Å². The van der Waals surface area contributed by atoms with Crippen molar-refractivity contribution in [3.05, 3.63) is 70.3 Å². The normalized spacial score (nSPS) is 10.6. The van der Waals surface area contributed by atoms with Gasteiger partial charge in [0.15, 0.2) is 0 Å². The zero-order chi connectivity index (χ0) is 22.8. The second kappa shape index (κ2) is 12.1. The Labute approximate surface area is 186 Å². The Kier molecular flexibility index (Phi) is 9.53. The lowest BCUT2D eigenvalue weighted by Gasteiger charge is -2.19. The molecule has 0 aliphatic heterocycles. The van der Waals surface area contributed by atoms with Crippen molar-refractivity contribution >= 4 is 11.9 Å². The third kappa shape index (κ3) is 7.72. The number of benzene rings is 2. The van der Waals surface area contributed by atoms with E-state index in [-0.39, 0.29) is 11.9 Å². The summed E-state index contributed by atoms with van der Waals surface area (Å²) in [5.74, 6) is 0.00563. The number of methoxy groups -OCH3 is 1. The van der Waals surface area contributed by atoms with Crippen molar-refractivity contribution in [2.24, 2.45) is 0 Å². The molecule has 0 heterocycles. The number of likely N-dealkylation sites (N-methyl/N-ethyl adjacent to an activating group) is 1. The number of amides is 3. The van der Waals surface area contributed by atoms with Gasteiger partial charge in [0.25, 0.3) is 5.91 Å². The molecule has 0 aliphatic carbocycles. The Bertz CT molecular complexity index is 865. The lowest BCUT2D eigenvalue weighted by atomic mass is 10.0. The quantitative estimate of drug-likeness (QED) is 0.630.